The minimum absolute atomic E-state index is 0.265. The number of carbonyl (C=O) groups excluding carboxylic acids is 1. The molecule has 2 aromatic rings. The van der Waals surface area contributed by atoms with Crippen molar-refractivity contribution in [1.29, 1.82) is 0 Å². The Balaban J connectivity index is 1.62. The van der Waals surface area contributed by atoms with E-state index in [1.54, 1.807) is 0 Å². The number of aromatic nitrogens is 1. The highest BCUT2D eigenvalue weighted by atomic mass is 16.5. The number of carbonyl (C=O) groups is 1. The van der Waals surface area contributed by atoms with Crippen LogP contribution < -0.4 is 4.74 Å². The van der Waals surface area contributed by atoms with Crippen LogP contribution in [0, 0.1) is 6.92 Å². The van der Waals surface area contributed by atoms with Crippen LogP contribution in [0.2, 0.25) is 0 Å². The van der Waals surface area contributed by atoms with E-state index in [0.29, 0.717) is 18.9 Å². The topological polar surface area (TPSA) is 57.8 Å². The Labute approximate surface area is 154 Å². The number of hydrogen-bond donors (Lipinski definition) is 1. The van der Waals surface area contributed by atoms with Gasteiger partial charge in [0.1, 0.15) is 12.5 Å². The normalized spacial score (nSPS) is 18.1. The molecule has 0 aliphatic carbocycles. The molecule has 0 spiro atoms. The standard InChI is InChI=1S/C20H27N3O3/c1-3-25-20(24)18-14(2)21-16-6-7-17-15(19(16)18)12-23(13-26-17)11-10-22-8-4-5-9-22/h6-7,21H,3-5,8-13H2,1-2H3. The average molecular weight is 357 g/mol. The lowest BCUT2D eigenvalue weighted by molar-refractivity contribution is 0.0527. The van der Waals surface area contributed by atoms with Crippen LogP contribution in [0.5, 0.6) is 5.75 Å². The molecule has 1 N–H and O–H groups in total. The van der Waals surface area contributed by atoms with Gasteiger partial charge in [-0.1, -0.05) is 0 Å². The van der Waals surface area contributed by atoms with Crippen LogP contribution in [-0.2, 0) is 11.3 Å². The lowest BCUT2D eigenvalue weighted by Crippen LogP contribution is -2.38. The van der Waals surface area contributed by atoms with Crippen LogP contribution in [0.3, 0.4) is 0 Å². The van der Waals surface area contributed by atoms with Crippen LogP contribution in [0.1, 0.15) is 41.4 Å². The van der Waals surface area contributed by atoms with Gasteiger partial charge in [0.25, 0.3) is 0 Å². The highest BCUT2D eigenvalue weighted by molar-refractivity contribution is 6.07. The number of hydrogen-bond acceptors (Lipinski definition) is 5. The zero-order valence-electron chi connectivity index (χ0n) is 15.6. The number of H-pyrrole nitrogens is 1. The fourth-order valence-corrected chi connectivity index (χ4v) is 4.08. The van der Waals surface area contributed by atoms with Gasteiger partial charge in [0.05, 0.1) is 12.2 Å². The van der Waals surface area contributed by atoms with Crippen LogP contribution in [0.25, 0.3) is 10.9 Å². The summed E-state index contributed by atoms with van der Waals surface area (Å²) in [5, 5.41) is 0.948. The molecular weight excluding hydrogens is 330 g/mol. The van der Waals surface area contributed by atoms with E-state index in [0.717, 1.165) is 47.5 Å². The molecule has 0 unspecified atom stereocenters. The van der Waals surface area contributed by atoms with E-state index >= 15 is 0 Å². The van der Waals surface area contributed by atoms with Crippen molar-refractivity contribution in [2.24, 2.45) is 0 Å². The summed E-state index contributed by atoms with van der Waals surface area (Å²) in [5.74, 6) is 0.610. The molecular formula is C20H27N3O3. The minimum atomic E-state index is -0.265. The van der Waals surface area contributed by atoms with Crippen LogP contribution in [0.4, 0.5) is 0 Å². The first-order valence-electron chi connectivity index (χ1n) is 9.56. The van der Waals surface area contributed by atoms with Gasteiger partial charge in [0.15, 0.2) is 0 Å². The zero-order valence-corrected chi connectivity index (χ0v) is 15.6. The highest BCUT2D eigenvalue weighted by Gasteiger charge is 2.26. The molecule has 0 saturated carbocycles. The first-order valence-corrected chi connectivity index (χ1v) is 9.56. The Kier molecular flexibility index (Phi) is 4.87. The molecule has 0 bridgehead atoms. The fraction of sp³-hybridized carbons (Fsp3) is 0.550. The summed E-state index contributed by atoms with van der Waals surface area (Å²) in [7, 11) is 0. The summed E-state index contributed by atoms with van der Waals surface area (Å²) in [4.78, 5) is 20.7. The monoisotopic (exact) mass is 357 g/mol. The third-order valence-corrected chi connectivity index (χ3v) is 5.41. The van der Waals surface area contributed by atoms with Crippen molar-refractivity contribution in [2.45, 2.75) is 33.2 Å². The van der Waals surface area contributed by atoms with Gasteiger partial charge in [-0.3, -0.25) is 4.90 Å². The summed E-state index contributed by atoms with van der Waals surface area (Å²) < 4.78 is 11.3. The number of esters is 1. The van der Waals surface area contributed by atoms with Crippen molar-refractivity contribution in [3.05, 3.63) is 29.0 Å². The molecule has 26 heavy (non-hydrogen) atoms. The van der Waals surface area contributed by atoms with E-state index in [1.807, 2.05) is 26.0 Å². The van der Waals surface area contributed by atoms with E-state index in [2.05, 4.69) is 14.8 Å². The van der Waals surface area contributed by atoms with Gasteiger partial charge in [-0.25, -0.2) is 4.79 Å². The van der Waals surface area contributed by atoms with E-state index in [-0.39, 0.29) is 5.97 Å². The predicted molar refractivity (Wildman–Crippen MR) is 101 cm³/mol. The molecule has 2 aliphatic heterocycles. The largest absolute Gasteiger partial charge is 0.478 e. The average Bonchev–Trinajstić information content (AvgIpc) is 3.26. The third-order valence-electron chi connectivity index (χ3n) is 5.41. The summed E-state index contributed by atoms with van der Waals surface area (Å²) in [6.07, 6.45) is 2.62. The van der Waals surface area contributed by atoms with Crippen molar-refractivity contribution in [3.63, 3.8) is 0 Å². The molecule has 0 amide bonds. The Hall–Kier alpha value is -2.05. The van der Waals surface area contributed by atoms with Gasteiger partial charge in [0.2, 0.25) is 0 Å². The van der Waals surface area contributed by atoms with Crippen molar-refractivity contribution in [2.75, 3.05) is 39.5 Å². The number of rotatable bonds is 5. The van der Waals surface area contributed by atoms with Crippen molar-refractivity contribution in [1.82, 2.24) is 14.8 Å². The number of fused-ring (bicyclic) bond motifs is 3. The highest BCUT2D eigenvalue weighted by Crippen LogP contribution is 2.35. The Morgan fingerprint density at radius 2 is 2.00 bits per heavy atom. The maximum atomic E-state index is 12.5. The molecule has 140 valence electrons. The first-order chi connectivity index (χ1) is 12.7. The van der Waals surface area contributed by atoms with E-state index in [9.17, 15) is 4.79 Å². The maximum absolute atomic E-state index is 12.5. The Bertz CT molecular complexity index is 808. The number of ether oxygens (including phenoxy) is 2. The minimum Gasteiger partial charge on any atom is -0.478 e. The number of likely N-dealkylation sites (tertiary alicyclic amines) is 1. The number of nitrogens with zero attached hydrogens (tertiary/aromatic N) is 2. The fourth-order valence-electron chi connectivity index (χ4n) is 4.08. The molecule has 0 radical (unpaired) electrons. The predicted octanol–water partition coefficient (Wildman–Crippen LogP) is 2.90. The number of benzene rings is 1. The lowest BCUT2D eigenvalue weighted by atomic mass is 10.0. The number of nitrogens with one attached hydrogen (secondary N) is 1. The molecule has 1 aromatic carbocycles. The molecule has 4 rings (SSSR count). The van der Waals surface area contributed by atoms with E-state index in [4.69, 9.17) is 9.47 Å². The van der Waals surface area contributed by atoms with Gasteiger partial charge < -0.3 is 19.4 Å². The molecule has 1 fully saturated rings. The SMILES string of the molecule is CCOC(=O)c1c(C)[nH]c2ccc3c(c12)CN(CCN1CCCC1)CO3. The van der Waals surface area contributed by atoms with Crippen LogP contribution in [-0.4, -0.2) is 60.3 Å². The quantitative estimate of drug-likeness (QED) is 0.834. The second kappa shape index (κ2) is 7.29. The summed E-state index contributed by atoms with van der Waals surface area (Å²) in [6.45, 7) is 10.00. The molecule has 2 aliphatic rings. The molecule has 1 saturated heterocycles. The number of aromatic amines is 1. The van der Waals surface area contributed by atoms with Crippen molar-refractivity contribution >= 4 is 16.9 Å². The van der Waals surface area contributed by atoms with Gasteiger partial charge in [0, 0.05) is 41.8 Å². The van der Waals surface area contributed by atoms with Gasteiger partial charge >= 0.3 is 5.97 Å². The summed E-state index contributed by atoms with van der Waals surface area (Å²) in [5.41, 5.74) is 3.54. The second-order valence-electron chi connectivity index (χ2n) is 7.19. The van der Waals surface area contributed by atoms with Gasteiger partial charge in [-0.2, -0.15) is 0 Å². The van der Waals surface area contributed by atoms with Crippen LogP contribution >= 0.6 is 0 Å². The summed E-state index contributed by atoms with van der Waals surface area (Å²) in [6, 6.07) is 3.99. The third kappa shape index (κ3) is 3.19. The molecule has 3 heterocycles. The molecule has 6 nitrogen and oxygen atoms in total. The molecule has 1 aromatic heterocycles. The van der Waals surface area contributed by atoms with Crippen molar-refractivity contribution in [3.8, 4) is 5.75 Å². The van der Waals surface area contributed by atoms with Crippen molar-refractivity contribution < 1.29 is 14.3 Å². The Morgan fingerprint density at radius 1 is 1.23 bits per heavy atom. The molecule has 6 heteroatoms. The van der Waals surface area contributed by atoms with E-state index in [1.165, 1.54) is 25.9 Å². The second-order valence-corrected chi connectivity index (χ2v) is 7.19. The zero-order chi connectivity index (χ0) is 18.1. The van der Waals surface area contributed by atoms with E-state index < -0.39 is 0 Å². The maximum Gasteiger partial charge on any atom is 0.340 e. The lowest BCUT2D eigenvalue weighted by Gasteiger charge is -2.30. The first kappa shape index (κ1) is 17.4. The smallest absolute Gasteiger partial charge is 0.340 e. The Morgan fingerprint density at radius 3 is 2.77 bits per heavy atom. The summed E-state index contributed by atoms with van der Waals surface area (Å²) >= 11 is 0. The van der Waals surface area contributed by atoms with Crippen LogP contribution in [0.15, 0.2) is 12.1 Å². The molecule has 0 atom stereocenters. The van der Waals surface area contributed by atoms with Gasteiger partial charge in [-0.05, 0) is 51.9 Å². The number of aryl methyl sites for hydroxylation is 1. The van der Waals surface area contributed by atoms with Gasteiger partial charge in [-0.15, -0.1) is 0 Å².